The molecule has 2 unspecified atom stereocenters. The highest BCUT2D eigenvalue weighted by Crippen LogP contribution is 2.31. The molecule has 2 atom stereocenters. The van der Waals surface area contributed by atoms with Crippen LogP contribution in [0.1, 0.15) is 6.42 Å². The number of hydrogen-bond donors (Lipinski definition) is 3. The molecule has 3 N–H and O–H groups in total. The minimum atomic E-state index is -2.31. The van der Waals surface area contributed by atoms with Crippen LogP contribution in [0.15, 0.2) is 12.7 Å². The van der Waals surface area contributed by atoms with E-state index >= 15 is 0 Å². The molecule has 80 valence electrons. The SMILES string of the molecule is C=CCC(C(=O)O)C(O)(SC)C(=O)O. The summed E-state index contributed by atoms with van der Waals surface area (Å²) < 4.78 is 0. The van der Waals surface area contributed by atoms with Crippen LogP contribution >= 0.6 is 11.8 Å². The Hall–Kier alpha value is -1.01. The third-order valence-electron chi connectivity index (χ3n) is 1.79. The lowest BCUT2D eigenvalue weighted by molar-refractivity contribution is -0.162. The van der Waals surface area contributed by atoms with Crippen LogP contribution in [0.3, 0.4) is 0 Å². The monoisotopic (exact) mass is 220 g/mol. The summed E-state index contributed by atoms with van der Waals surface area (Å²) in [4.78, 5) is 19.1. The Labute approximate surface area is 85.4 Å². The van der Waals surface area contributed by atoms with Crippen molar-refractivity contribution in [1.82, 2.24) is 0 Å². The van der Waals surface area contributed by atoms with E-state index in [2.05, 4.69) is 6.58 Å². The van der Waals surface area contributed by atoms with Crippen molar-refractivity contribution < 1.29 is 24.9 Å². The van der Waals surface area contributed by atoms with Crippen LogP contribution < -0.4 is 0 Å². The molecule has 0 rings (SSSR count). The van der Waals surface area contributed by atoms with E-state index in [9.17, 15) is 14.7 Å². The van der Waals surface area contributed by atoms with Gasteiger partial charge >= 0.3 is 11.9 Å². The van der Waals surface area contributed by atoms with E-state index in [1.807, 2.05) is 0 Å². The molecule has 14 heavy (non-hydrogen) atoms. The molecular weight excluding hydrogens is 208 g/mol. The first-order valence-electron chi connectivity index (χ1n) is 3.74. The number of carboxylic acid groups (broad SMARTS) is 2. The lowest BCUT2D eigenvalue weighted by Gasteiger charge is -2.26. The van der Waals surface area contributed by atoms with Crippen LogP contribution in [0.25, 0.3) is 0 Å². The quantitative estimate of drug-likeness (QED) is 0.443. The molecule has 0 aliphatic heterocycles. The fourth-order valence-corrected chi connectivity index (χ4v) is 1.63. The third kappa shape index (κ3) is 2.49. The molecule has 0 aliphatic carbocycles. The van der Waals surface area contributed by atoms with Gasteiger partial charge in [-0.05, 0) is 12.7 Å². The molecule has 0 aromatic carbocycles. The summed E-state index contributed by atoms with van der Waals surface area (Å²) in [6.45, 7) is 3.31. The summed E-state index contributed by atoms with van der Waals surface area (Å²) in [5.74, 6) is -4.31. The summed E-state index contributed by atoms with van der Waals surface area (Å²) in [6.07, 6.45) is 2.51. The first kappa shape index (κ1) is 13.0. The molecule has 0 radical (unpaired) electrons. The van der Waals surface area contributed by atoms with Gasteiger partial charge in [0.1, 0.15) is 5.92 Å². The lowest BCUT2D eigenvalue weighted by atomic mass is 9.98. The van der Waals surface area contributed by atoms with E-state index in [0.29, 0.717) is 11.8 Å². The van der Waals surface area contributed by atoms with Crippen molar-refractivity contribution in [2.75, 3.05) is 6.26 Å². The van der Waals surface area contributed by atoms with Crippen molar-refractivity contribution in [3.05, 3.63) is 12.7 Å². The lowest BCUT2D eigenvalue weighted by Crippen LogP contribution is -2.46. The van der Waals surface area contributed by atoms with E-state index in [1.165, 1.54) is 12.3 Å². The molecule has 0 aromatic heterocycles. The molecule has 0 aromatic rings. The maximum atomic E-state index is 10.7. The molecule has 0 spiro atoms. The number of hydrogen-bond acceptors (Lipinski definition) is 4. The number of aliphatic carboxylic acids is 2. The molecule has 0 bridgehead atoms. The number of carboxylic acids is 2. The van der Waals surface area contributed by atoms with Gasteiger partial charge in [0.25, 0.3) is 0 Å². The van der Waals surface area contributed by atoms with Gasteiger partial charge in [-0.15, -0.1) is 18.3 Å². The maximum absolute atomic E-state index is 10.7. The van der Waals surface area contributed by atoms with Crippen LogP contribution in [0, 0.1) is 5.92 Å². The van der Waals surface area contributed by atoms with Crippen molar-refractivity contribution in [2.24, 2.45) is 5.92 Å². The van der Waals surface area contributed by atoms with Crippen molar-refractivity contribution >= 4 is 23.7 Å². The van der Waals surface area contributed by atoms with Crippen molar-refractivity contribution in [2.45, 2.75) is 11.4 Å². The van der Waals surface area contributed by atoms with Gasteiger partial charge in [-0.25, -0.2) is 4.79 Å². The van der Waals surface area contributed by atoms with Gasteiger partial charge in [-0.3, -0.25) is 4.79 Å². The second-order valence-corrected chi connectivity index (χ2v) is 3.65. The Morgan fingerprint density at radius 2 is 2.07 bits per heavy atom. The number of aliphatic hydroxyl groups is 1. The van der Waals surface area contributed by atoms with Gasteiger partial charge in [0.15, 0.2) is 0 Å². The largest absolute Gasteiger partial charge is 0.481 e. The van der Waals surface area contributed by atoms with E-state index in [4.69, 9.17) is 10.2 Å². The zero-order valence-electron chi connectivity index (χ0n) is 7.64. The van der Waals surface area contributed by atoms with Crippen LogP contribution in [0.5, 0.6) is 0 Å². The van der Waals surface area contributed by atoms with Gasteiger partial charge in [-0.2, -0.15) is 0 Å². The summed E-state index contributed by atoms with van der Waals surface area (Å²) in [5, 5.41) is 27.0. The Balaban J connectivity index is 5.01. The summed E-state index contributed by atoms with van der Waals surface area (Å²) in [7, 11) is 0. The van der Waals surface area contributed by atoms with E-state index in [1.54, 1.807) is 0 Å². The zero-order chi connectivity index (χ0) is 11.4. The number of thioether (sulfide) groups is 1. The van der Waals surface area contributed by atoms with Gasteiger partial charge < -0.3 is 15.3 Å². The Kier molecular flexibility index (Phi) is 4.65. The van der Waals surface area contributed by atoms with E-state index in [-0.39, 0.29) is 6.42 Å². The predicted molar refractivity (Wildman–Crippen MR) is 52.0 cm³/mol. The fourth-order valence-electron chi connectivity index (χ4n) is 0.973. The molecule has 0 saturated heterocycles. The highest BCUT2D eigenvalue weighted by atomic mass is 32.2. The Morgan fingerprint density at radius 1 is 1.57 bits per heavy atom. The van der Waals surface area contributed by atoms with Crippen LogP contribution in [-0.4, -0.2) is 38.4 Å². The molecule has 0 heterocycles. The second kappa shape index (κ2) is 5.02. The smallest absolute Gasteiger partial charge is 0.347 e. The minimum Gasteiger partial charge on any atom is -0.481 e. The fraction of sp³-hybridized carbons (Fsp3) is 0.500. The average molecular weight is 220 g/mol. The minimum absolute atomic E-state index is 0.0982. The average Bonchev–Trinajstić information content (AvgIpc) is 2.12. The third-order valence-corrected chi connectivity index (χ3v) is 2.87. The summed E-state index contributed by atoms with van der Waals surface area (Å²) in [6, 6.07) is 0. The van der Waals surface area contributed by atoms with Gasteiger partial charge in [0, 0.05) is 0 Å². The van der Waals surface area contributed by atoms with Crippen molar-refractivity contribution in [3.8, 4) is 0 Å². The molecule has 5 nitrogen and oxygen atoms in total. The summed E-state index contributed by atoms with van der Waals surface area (Å²) >= 11 is 0.584. The first-order valence-corrected chi connectivity index (χ1v) is 4.97. The highest BCUT2D eigenvalue weighted by molar-refractivity contribution is 8.00. The predicted octanol–water partition coefficient (Wildman–Crippen LogP) is 0.399. The Bertz CT molecular complexity index is 252. The standard InChI is InChI=1S/C8H12O5S/c1-3-4-5(6(9)10)8(13,14-2)7(11)12/h3,5,13H,1,4H2,2H3,(H,9,10)(H,11,12). The molecule has 6 heteroatoms. The molecular formula is C8H12O5S. The number of allylic oxidation sites excluding steroid dienone is 1. The molecule has 0 amide bonds. The number of carbonyl (C=O) groups is 2. The zero-order valence-corrected chi connectivity index (χ0v) is 8.45. The van der Waals surface area contributed by atoms with E-state index in [0.717, 1.165) is 0 Å². The summed E-state index contributed by atoms with van der Waals surface area (Å²) in [5.41, 5.74) is 0. The van der Waals surface area contributed by atoms with Crippen molar-refractivity contribution in [3.63, 3.8) is 0 Å². The first-order chi connectivity index (χ1) is 6.40. The normalized spacial score (nSPS) is 16.7. The second-order valence-electron chi connectivity index (χ2n) is 2.62. The van der Waals surface area contributed by atoms with Gasteiger partial charge in [0.05, 0.1) is 0 Å². The topological polar surface area (TPSA) is 94.8 Å². The maximum Gasteiger partial charge on any atom is 0.347 e. The van der Waals surface area contributed by atoms with E-state index < -0.39 is 22.8 Å². The molecule has 0 fully saturated rings. The molecule has 0 saturated carbocycles. The van der Waals surface area contributed by atoms with Crippen LogP contribution in [0.4, 0.5) is 0 Å². The van der Waals surface area contributed by atoms with Gasteiger partial charge in [0.2, 0.25) is 4.93 Å². The highest BCUT2D eigenvalue weighted by Gasteiger charge is 2.47. The van der Waals surface area contributed by atoms with Gasteiger partial charge in [-0.1, -0.05) is 6.08 Å². The Morgan fingerprint density at radius 3 is 2.29 bits per heavy atom. The van der Waals surface area contributed by atoms with Crippen LogP contribution in [0.2, 0.25) is 0 Å². The molecule has 0 aliphatic rings. The van der Waals surface area contributed by atoms with Crippen LogP contribution in [-0.2, 0) is 9.59 Å². The van der Waals surface area contributed by atoms with Crippen molar-refractivity contribution in [1.29, 1.82) is 0 Å². The number of rotatable bonds is 6.